The predicted octanol–water partition coefficient (Wildman–Crippen LogP) is 5.77. The standard InChI is InChI=1S/C27H23NO4/c1-3-7-23-14-20(15-24(17-28)21-10-12-22(13-11-21)27(29)30)16-25(31-2)26(23)32-18-19-8-5-4-6-9-19/h3-6,8-16H,1,7,18H2,2H3,(H,29,30)/b24-15-. The van der Waals surface area contributed by atoms with Crippen LogP contribution in [0.3, 0.4) is 0 Å². The van der Waals surface area contributed by atoms with Gasteiger partial charge in [0.15, 0.2) is 11.5 Å². The van der Waals surface area contributed by atoms with E-state index in [1.54, 1.807) is 31.4 Å². The first-order valence-electron chi connectivity index (χ1n) is 9.99. The normalized spacial score (nSPS) is 10.8. The van der Waals surface area contributed by atoms with E-state index in [2.05, 4.69) is 12.6 Å². The van der Waals surface area contributed by atoms with Crippen molar-refractivity contribution in [2.24, 2.45) is 0 Å². The second-order valence-corrected chi connectivity index (χ2v) is 7.03. The fourth-order valence-electron chi connectivity index (χ4n) is 3.26. The smallest absolute Gasteiger partial charge is 0.335 e. The lowest BCUT2D eigenvalue weighted by atomic mass is 10.00. The van der Waals surface area contributed by atoms with Crippen molar-refractivity contribution >= 4 is 17.6 Å². The molecule has 0 radical (unpaired) electrons. The van der Waals surface area contributed by atoms with Crippen LogP contribution >= 0.6 is 0 Å². The van der Waals surface area contributed by atoms with Crippen molar-refractivity contribution in [3.8, 4) is 17.6 Å². The molecule has 0 saturated carbocycles. The van der Waals surface area contributed by atoms with Gasteiger partial charge in [-0.3, -0.25) is 0 Å². The van der Waals surface area contributed by atoms with Gasteiger partial charge in [0.05, 0.1) is 24.3 Å². The van der Waals surface area contributed by atoms with E-state index in [-0.39, 0.29) is 5.56 Å². The number of benzene rings is 3. The Bertz CT molecular complexity index is 1170. The van der Waals surface area contributed by atoms with Gasteiger partial charge >= 0.3 is 5.97 Å². The third kappa shape index (κ3) is 5.44. The summed E-state index contributed by atoms with van der Waals surface area (Å²) < 4.78 is 11.7. The highest BCUT2D eigenvalue weighted by Crippen LogP contribution is 2.35. The molecule has 0 bridgehead atoms. The third-order valence-corrected chi connectivity index (χ3v) is 4.84. The number of aromatic carboxylic acids is 1. The highest BCUT2D eigenvalue weighted by Gasteiger charge is 2.14. The third-order valence-electron chi connectivity index (χ3n) is 4.84. The van der Waals surface area contributed by atoms with Crippen molar-refractivity contribution in [3.63, 3.8) is 0 Å². The van der Waals surface area contributed by atoms with Crippen LogP contribution in [0, 0.1) is 11.3 Å². The fourth-order valence-corrected chi connectivity index (χ4v) is 3.26. The first kappa shape index (κ1) is 22.4. The van der Waals surface area contributed by atoms with Crippen LogP contribution in [0.4, 0.5) is 0 Å². The number of methoxy groups -OCH3 is 1. The average molecular weight is 425 g/mol. The van der Waals surface area contributed by atoms with Crippen LogP contribution in [0.5, 0.6) is 11.5 Å². The molecule has 0 fully saturated rings. The summed E-state index contributed by atoms with van der Waals surface area (Å²) in [7, 11) is 1.58. The number of hydrogen-bond donors (Lipinski definition) is 1. The summed E-state index contributed by atoms with van der Waals surface area (Å²) in [5.41, 5.74) is 3.91. The topological polar surface area (TPSA) is 79.6 Å². The fraction of sp³-hybridized carbons (Fsp3) is 0.111. The van der Waals surface area contributed by atoms with Crippen LogP contribution in [0.25, 0.3) is 11.6 Å². The van der Waals surface area contributed by atoms with Crippen molar-refractivity contribution in [2.45, 2.75) is 13.0 Å². The highest BCUT2D eigenvalue weighted by atomic mass is 16.5. The van der Waals surface area contributed by atoms with Crippen LogP contribution in [0.2, 0.25) is 0 Å². The number of carbonyl (C=O) groups is 1. The van der Waals surface area contributed by atoms with Gasteiger partial charge in [0.1, 0.15) is 6.61 Å². The Balaban J connectivity index is 1.97. The quantitative estimate of drug-likeness (QED) is 0.268. The van der Waals surface area contributed by atoms with E-state index in [1.165, 1.54) is 12.1 Å². The molecule has 0 aliphatic heterocycles. The molecule has 5 nitrogen and oxygen atoms in total. The zero-order chi connectivity index (χ0) is 22.9. The monoisotopic (exact) mass is 425 g/mol. The molecule has 5 heteroatoms. The minimum absolute atomic E-state index is 0.167. The van der Waals surface area contributed by atoms with E-state index in [0.29, 0.717) is 35.7 Å². The molecule has 0 amide bonds. The Morgan fingerprint density at radius 2 is 1.78 bits per heavy atom. The van der Waals surface area contributed by atoms with E-state index in [9.17, 15) is 10.1 Å². The number of nitrogens with zero attached hydrogens (tertiary/aromatic N) is 1. The van der Waals surface area contributed by atoms with Crippen molar-refractivity contribution in [3.05, 3.63) is 107 Å². The summed E-state index contributed by atoms with van der Waals surface area (Å²) in [6.07, 6.45) is 4.09. The molecule has 3 rings (SSSR count). The zero-order valence-electron chi connectivity index (χ0n) is 17.7. The second kappa shape index (κ2) is 10.6. The second-order valence-electron chi connectivity index (χ2n) is 7.03. The number of carboxylic acids is 1. The van der Waals surface area contributed by atoms with Crippen molar-refractivity contribution < 1.29 is 19.4 Å². The Morgan fingerprint density at radius 1 is 1.09 bits per heavy atom. The molecule has 160 valence electrons. The van der Waals surface area contributed by atoms with Crippen LogP contribution in [-0.4, -0.2) is 18.2 Å². The molecule has 0 spiro atoms. The molecule has 3 aromatic carbocycles. The van der Waals surface area contributed by atoms with Crippen LogP contribution < -0.4 is 9.47 Å². The molecule has 0 saturated heterocycles. The van der Waals surface area contributed by atoms with E-state index in [4.69, 9.17) is 14.6 Å². The van der Waals surface area contributed by atoms with Crippen molar-refractivity contribution in [2.75, 3.05) is 7.11 Å². The largest absolute Gasteiger partial charge is 0.493 e. The summed E-state index contributed by atoms with van der Waals surface area (Å²) in [6.45, 7) is 4.23. The molecule has 0 aliphatic carbocycles. The Morgan fingerprint density at radius 3 is 2.38 bits per heavy atom. The Hall–Kier alpha value is -4.30. The molecular formula is C27H23NO4. The molecule has 0 aliphatic rings. The molecule has 32 heavy (non-hydrogen) atoms. The van der Waals surface area contributed by atoms with Crippen LogP contribution in [-0.2, 0) is 13.0 Å². The summed E-state index contributed by atoms with van der Waals surface area (Å²) in [4.78, 5) is 11.1. The van der Waals surface area contributed by atoms with Crippen LogP contribution in [0.1, 0.15) is 32.6 Å². The summed E-state index contributed by atoms with van der Waals surface area (Å²) in [5, 5.41) is 18.8. The first-order chi connectivity index (χ1) is 15.5. The van der Waals surface area contributed by atoms with Gasteiger partial charge in [-0.25, -0.2) is 4.79 Å². The number of nitriles is 1. The van der Waals surface area contributed by atoms with E-state index >= 15 is 0 Å². The Labute approximate surface area is 187 Å². The minimum atomic E-state index is -1.01. The van der Waals surface area contributed by atoms with E-state index in [1.807, 2.05) is 42.5 Å². The molecule has 3 aromatic rings. The zero-order valence-corrected chi connectivity index (χ0v) is 17.7. The summed E-state index contributed by atoms with van der Waals surface area (Å²) in [5.74, 6) is 0.187. The van der Waals surface area contributed by atoms with Gasteiger partial charge < -0.3 is 14.6 Å². The molecule has 1 N–H and O–H groups in total. The number of hydrogen-bond acceptors (Lipinski definition) is 4. The van der Waals surface area contributed by atoms with Crippen molar-refractivity contribution in [1.29, 1.82) is 5.26 Å². The van der Waals surface area contributed by atoms with Crippen LogP contribution in [0.15, 0.2) is 79.4 Å². The van der Waals surface area contributed by atoms with Gasteiger partial charge in [-0.1, -0.05) is 48.5 Å². The number of ether oxygens (including phenoxy) is 2. The summed E-state index contributed by atoms with van der Waals surface area (Å²) in [6, 6.07) is 22.0. The lowest BCUT2D eigenvalue weighted by molar-refractivity contribution is 0.0697. The maximum atomic E-state index is 11.1. The van der Waals surface area contributed by atoms with Gasteiger partial charge in [-0.05, 0) is 53.5 Å². The number of carboxylic acid groups (broad SMARTS) is 1. The molecule has 0 atom stereocenters. The number of allylic oxidation sites excluding steroid dienone is 2. The SMILES string of the molecule is C=CCc1cc(/C=C(/C#N)c2ccc(C(=O)O)cc2)cc(OC)c1OCc1ccccc1. The highest BCUT2D eigenvalue weighted by molar-refractivity contribution is 5.92. The van der Waals surface area contributed by atoms with Gasteiger partial charge in [0.2, 0.25) is 0 Å². The van der Waals surface area contributed by atoms with Gasteiger partial charge in [0.25, 0.3) is 0 Å². The molecular weight excluding hydrogens is 402 g/mol. The minimum Gasteiger partial charge on any atom is -0.493 e. The molecule has 0 unspecified atom stereocenters. The summed E-state index contributed by atoms with van der Waals surface area (Å²) >= 11 is 0. The maximum Gasteiger partial charge on any atom is 0.335 e. The first-order valence-corrected chi connectivity index (χ1v) is 9.99. The lowest BCUT2D eigenvalue weighted by Gasteiger charge is -2.16. The van der Waals surface area contributed by atoms with Gasteiger partial charge in [0, 0.05) is 5.56 Å². The van der Waals surface area contributed by atoms with Gasteiger partial charge in [-0.15, -0.1) is 6.58 Å². The molecule has 0 heterocycles. The van der Waals surface area contributed by atoms with Crippen molar-refractivity contribution in [1.82, 2.24) is 0 Å². The van der Waals surface area contributed by atoms with Gasteiger partial charge in [-0.2, -0.15) is 5.26 Å². The average Bonchev–Trinajstić information content (AvgIpc) is 2.82. The number of rotatable bonds is 9. The molecule has 0 aromatic heterocycles. The van der Waals surface area contributed by atoms with E-state index in [0.717, 1.165) is 16.7 Å². The lowest BCUT2D eigenvalue weighted by Crippen LogP contribution is -2.01. The maximum absolute atomic E-state index is 11.1. The Kier molecular flexibility index (Phi) is 7.45. The van der Waals surface area contributed by atoms with E-state index < -0.39 is 5.97 Å². The predicted molar refractivity (Wildman–Crippen MR) is 125 cm³/mol.